The quantitative estimate of drug-likeness (QED) is 0.489. The van der Waals surface area contributed by atoms with E-state index in [0.717, 1.165) is 5.56 Å². The number of hydrogen-bond donors (Lipinski definition) is 1. The molecule has 0 aromatic carbocycles. The summed E-state index contributed by atoms with van der Waals surface area (Å²) in [4.78, 5) is 38.6. The predicted octanol–water partition coefficient (Wildman–Crippen LogP) is 0.877. The Morgan fingerprint density at radius 2 is 1.65 bits per heavy atom. The van der Waals surface area contributed by atoms with Crippen molar-refractivity contribution < 1.29 is 19.1 Å². The van der Waals surface area contributed by atoms with Crippen LogP contribution in [0.15, 0.2) is 9.40 Å². The van der Waals surface area contributed by atoms with Crippen LogP contribution in [-0.4, -0.2) is 31.1 Å². The summed E-state index contributed by atoms with van der Waals surface area (Å²) in [6, 6.07) is 0. The van der Waals surface area contributed by atoms with Crippen molar-refractivity contribution in [1.82, 2.24) is 4.98 Å². The number of aromatic nitrogens is 1. The van der Waals surface area contributed by atoms with E-state index in [4.69, 9.17) is 9.47 Å². The maximum Gasteiger partial charge on any atom is 0.323 e. The predicted molar refractivity (Wildman–Crippen MR) is 73.4 cm³/mol. The van der Waals surface area contributed by atoms with Crippen LogP contribution < -0.4 is 5.56 Å². The summed E-state index contributed by atoms with van der Waals surface area (Å²) < 4.78 is 10.0. The van der Waals surface area contributed by atoms with Gasteiger partial charge in [-0.25, -0.2) is 0 Å². The molecular formula is C13H14BrNO5. The zero-order chi connectivity index (χ0) is 15.1. The van der Waals surface area contributed by atoms with Crippen LogP contribution in [0.4, 0.5) is 0 Å². The number of carbonyl (C=O) groups is 2. The summed E-state index contributed by atoms with van der Waals surface area (Å²) in [5, 5.41) is 0. The van der Waals surface area contributed by atoms with Crippen molar-refractivity contribution in [3.63, 3.8) is 0 Å². The lowest BCUT2D eigenvalue weighted by Crippen LogP contribution is -2.42. The number of pyridine rings is 1. The summed E-state index contributed by atoms with van der Waals surface area (Å²) in [6.45, 7) is 1.66. The number of carbonyl (C=O) groups excluding carboxylic acids is 2. The molecule has 1 aliphatic carbocycles. The highest BCUT2D eigenvalue weighted by atomic mass is 79.9. The number of hydrogen-bond acceptors (Lipinski definition) is 5. The van der Waals surface area contributed by atoms with Gasteiger partial charge in [0, 0.05) is 18.4 Å². The van der Waals surface area contributed by atoms with Gasteiger partial charge in [0.1, 0.15) is 0 Å². The molecule has 0 fully saturated rings. The Labute approximate surface area is 123 Å². The number of aromatic amines is 1. The van der Waals surface area contributed by atoms with Gasteiger partial charge in [0.05, 0.1) is 18.8 Å². The van der Waals surface area contributed by atoms with E-state index in [9.17, 15) is 14.4 Å². The highest BCUT2D eigenvalue weighted by Crippen LogP contribution is 2.42. The summed E-state index contributed by atoms with van der Waals surface area (Å²) in [6.07, 6.45) is 0.246. The van der Waals surface area contributed by atoms with Crippen molar-refractivity contribution in [1.29, 1.82) is 0 Å². The van der Waals surface area contributed by atoms with Crippen molar-refractivity contribution in [2.45, 2.75) is 19.8 Å². The smallest absolute Gasteiger partial charge is 0.323 e. The van der Waals surface area contributed by atoms with Crippen molar-refractivity contribution in [2.24, 2.45) is 5.41 Å². The first-order valence-corrected chi connectivity index (χ1v) is 6.73. The highest BCUT2D eigenvalue weighted by Gasteiger charge is 2.53. The maximum atomic E-state index is 12.1. The zero-order valence-electron chi connectivity index (χ0n) is 11.3. The van der Waals surface area contributed by atoms with Crippen LogP contribution in [0.25, 0.3) is 0 Å². The van der Waals surface area contributed by atoms with Crippen LogP contribution in [0.1, 0.15) is 16.7 Å². The van der Waals surface area contributed by atoms with Crippen molar-refractivity contribution in [2.75, 3.05) is 14.2 Å². The van der Waals surface area contributed by atoms with Crippen molar-refractivity contribution >= 4 is 27.9 Å². The van der Waals surface area contributed by atoms with E-state index in [-0.39, 0.29) is 18.4 Å². The third kappa shape index (κ3) is 1.96. The Morgan fingerprint density at radius 3 is 2.15 bits per heavy atom. The number of esters is 2. The molecule has 20 heavy (non-hydrogen) atoms. The molecule has 1 N–H and O–H groups in total. The SMILES string of the molecule is COC(=O)C1(C(=O)OC)Cc2c(Br)[nH]c(=O)c(C)c2C1. The second-order valence-corrected chi connectivity index (χ2v) is 5.56. The van der Waals surface area contributed by atoms with Crippen LogP contribution in [0.5, 0.6) is 0 Å². The summed E-state index contributed by atoms with van der Waals surface area (Å²) in [5.41, 5.74) is 0.258. The monoisotopic (exact) mass is 343 g/mol. The number of nitrogens with one attached hydrogen (secondary N) is 1. The van der Waals surface area contributed by atoms with Gasteiger partial charge in [-0.2, -0.15) is 0 Å². The second-order valence-electron chi connectivity index (χ2n) is 4.77. The van der Waals surface area contributed by atoms with Gasteiger partial charge in [-0.05, 0) is 34.0 Å². The van der Waals surface area contributed by atoms with Crippen LogP contribution in [-0.2, 0) is 31.9 Å². The molecule has 1 aliphatic rings. The number of fused-ring (bicyclic) bond motifs is 1. The highest BCUT2D eigenvalue weighted by molar-refractivity contribution is 9.10. The molecule has 0 saturated heterocycles. The molecule has 108 valence electrons. The van der Waals surface area contributed by atoms with E-state index in [1.165, 1.54) is 14.2 Å². The fourth-order valence-corrected chi connectivity index (χ4v) is 3.18. The minimum Gasteiger partial charge on any atom is -0.468 e. The van der Waals surface area contributed by atoms with Crippen LogP contribution in [0, 0.1) is 12.3 Å². The van der Waals surface area contributed by atoms with Crippen LogP contribution in [0.2, 0.25) is 0 Å². The van der Waals surface area contributed by atoms with Gasteiger partial charge in [-0.1, -0.05) is 0 Å². The molecule has 7 heteroatoms. The fraction of sp³-hybridized carbons (Fsp3) is 0.462. The molecule has 0 unspecified atom stereocenters. The second kappa shape index (κ2) is 5.05. The van der Waals surface area contributed by atoms with E-state index in [1.807, 2.05) is 0 Å². The number of rotatable bonds is 2. The summed E-state index contributed by atoms with van der Waals surface area (Å²) in [7, 11) is 2.45. The molecule has 0 atom stereocenters. The van der Waals surface area contributed by atoms with Gasteiger partial charge in [0.25, 0.3) is 5.56 Å². The molecule has 1 heterocycles. The fourth-order valence-electron chi connectivity index (χ4n) is 2.62. The van der Waals surface area contributed by atoms with E-state index in [2.05, 4.69) is 20.9 Å². The number of ether oxygens (including phenoxy) is 2. The third-order valence-electron chi connectivity index (χ3n) is 3.76. The maximum absolute atomic E-state index is 12.1. The Kier molecular flexibility index (Phi) is 3.73. The first kappa shape index (κ1) is 14.8. The Bertz CT molecular complexity index is 633. The minimum absolute atomic E-state index is 0.107. The first-order chi connectivity index (χ1) is 9.37. The summed E-state index contributed by atoms with van der Waals surface area (Å²) >= 11 is 3.27. The zero-order valence-corrected chi connectivity index (χ0v) is 12.9. The molecule has 0 saturated carbocycles. The Balaban J connectivity index is 2.62. The molecular weight excluding hydrogens is 330 g/mol. The van der Waals surface area contributed by atoms with Crippen LogP contribution >= 0.6 is 15.9 Å². The number of methoxy groups -OCH3 is 2. The summed E-state index contributed by atoms with van der Waals surface area (Å²) in [5.74, 6) is -1.31. The first-order valence-electron chi connectivity index (χ1n) is 5.94. The van der Waals surface area contributed by atoms with E-state index in [0.29, 0.717) is 15.7 Å². The molecule has 0 aliphatic heterocycles. The Morgan fingerprint density at radius 1 is 1.15 bits per heavy atom. The molecule has 0 spiro atoms. The molecule has 0 amide bonds. The lowest BCUT2D eigenvalue weighted by molar-refractivity contribution is -0.168. The van der Waals surface area contributed by atoms with Gasteiger partial charge in [-0.3, -0.25) is 14.4 Å². The standard InChI is InChI=1S/C13H14BrNO5/c1-6-7-4-13(11(17)19-2,12(18)20-3)5-8(7)9(14)15-10(6)16/h4-5H2,1-3H3,(H,15,16). The molecule has 6 nitrogen and oxygen atoms in total. The van der Waals surface area contributed by atoms with E-state index in [1.54, 1.807) is 6.92 Å². The minimum atomic E-state index is -1.42. The van der Waals surface area contributed by atoms with E-state index < -0.39 is 17.4 Å². The number of halogens is 1. The van der Waals surface area contributed by atoms with Crippen molar-refractivity contribution in [3.8, 4) is 0 Å². The van der Waals surface area contributed by atoms with Gasteiger partial charge in [0.2, 0.25) is 0 Å². The molecule has 0 radical (unpaired) electrons. The topological polar surface area (TPSA) is 85.5 Å². The normalized spacial score (nSPS) is 15.6. The van der Waals surface area contributed by atoms with Crippen LogP contribution in [0.3, 0.4) is 0 Å². The molecule has 1 aromatic heterocycles. The third-order valence-corrected chi connectivity index (χ3v) is 4.43. The van der Waals surface area contributed by atoms with Crippen molar-refractivity contribution in [3.05, 3.63) is 31.6 Å². The van der Waals surface area contributed by atoms with Gasteiger partial charge in [-0.15, -0.1) is 0 Å². The lowest BCUT2D eigenvalue weighted by Gasteiger charge is -2.22. The molecule has 0 bridgehead atoms. The van der Waals surface area contributed by atoms with Gasteiger partial charge < -0.3 is 14.5 Å². The van der Waals surface area contributed by atoms with Gasteiger partial charge in [0.15, 0.2) is 5.41 Å². The molecule has 1 aromatic rings. The Hall–Kier alpha value is -1.63. The average molecular weight is 344 g/mol. The number of H-pyrrole nitrogens is 1. The molecule has 2 rings (SSSR count). The largest absolute Gasteiger partial charge is 0.468 e. The lowest BCUT2D eigenvalue weighted by atomic mass is 9.84. The van der Waals surface area contributed by atoms with Gasteiger partial charge >= 0.3 is 11.9 Å². The van der Waals surface area contributed by atoms with E-state index >= 15 is 0 Å². The average Bonchev–Trinajstić information content (AvgIpc) is 2.85.